The van der Waals surface area contributed by atoms with Gasteiger partial charge in [0.25, 0.3) is 0 Å². The zero-order chi connectivity index (χ0) is 31.3. The quantitative estimate of drug-likeness (QED) is 0.225. The molecule has 0 saturated heterocycles. The fraction of sp³-hybridized carbons (Fsp3) is 0.375. The van der Waals surface area contributed by atoms with Gasteiger partial charge in [-0.2, -0.15) is 0 Å². The van der Waals surface area contributed by atoms with Gasteiger partial charge < -0.3 is 20.1 Å². The Labute approximate surface area is 259 Å². The largest absolute Gasteiger partial charge is 0.495 e. The SMILES string of the molecule is COC(=O)c1ccc(NC(=O)[C@H]2C[C@H](CC(C)(C)C)[C@]3(C(=O)Nc4cc(Cl)ncc43)[C@@H]2c2cccc(Cl)c2F)c(OC)c1. The number of halogens is 3. The first kappa shape index (κ1) is 30.8. The number of esters is 1. The molecule has 1 aliphatic carbocycles. The number of benzene rings is 2. The number of rotatable bonds is 6. The molecule has 1 aliphatic heterocycles. The van der Waals surface area contributed by atoms with Crippen LogP contribution in [0.25, 0.3) is 0 Å². The van der Waals surface area contributed by atoms with Crippen LogP contribution in [0, 0.1) is 23.1 Å². The molecule has 43 heavy (non-hydrogen) atoms. The molecule has 1 fully saturated rings. The topological polar surface area (TPSA) is 107 Å². The fourth-order valence-electron chi connectivity index (χ4n) is 6.85. The minimum atomic E-state index is -1.34. The van der Waals surface area contributed by atoms with E-state index in [1.54, 1.807) is 30.5 Å². The van der Waals surface area contributed by atoms with Gasteiger partial charge >= 0.3 is 5.97 Å². The molecule has 2 aliphatic rings. The molecule has 8 nitrogen and oxygen atoms in total. The molecular weight excluding hydrogens is 596 g/mol. The van der Waals surface area contributed by atoms with E-state index in [1.165, 1.54) is 32.4 Å². The normalized spacial score (nSPS) is 22.7. The van der Waals surface area contributed by atoms with Gasteiger partial charge in [-0.1, -0.05) is 56.1 Å². The summed E-state index contributed by atoms with van der Waals surface area (Å²) in [7, 11) is 2.68. The Morgan fingerprint density at radius 3 is 2.58 bits per heavy atom. The van der Waals surface area contributed by atoms with Gasteiger partial charge in [0.2, 0.25) is 11.8 Å². The number of methoxy groups -OCH3 is 2. The van der Waals surface area contributed by atoms with Gasteiger partial charge in [-0.15, -0.1) is 0 Å². The van der Waals surface area contributed by atoms with Crippen LogP contribution in [-0.4, -0.2) is 37.0 Å². The summed E-state index contributed by atoms with van der Waals surface area (Å²) in [5, 5.41) is 5.96. The lowest BCUT2D eigenvalue weighted by atomic mass is 9.62. The molecule has 0 unspecified atom stereocenters. The van der Waals surface area contributed by atoms with Crippen LogP contribution in [0.2, 0.25) is 10.2 Å². The van der Waals surface area contributed by atoms with Crippen LogP contribution in [0.4, 0.5) is 15.8 Å². The molecule has 1 saturated carbocycles. The number of aromatic nitrogens is 1. The van der Waals surface area contributed by atoms with E-state index in [0.717, 1.165) is 0 Å². The number of anilines is 2. The van der Waals surface area contributed by atoms with Crippen molar-refractivity contribution < 1.29 is 28.2 Å². The summed E-state index contributed by atoms with van der Waals surface area (Å²) in [4.78, 5) is 44.9. The van der Waals surface area contributed by atoms with Crippen LogP contribution >= 0.6 is 23.2 Å². The van der Waals surface area contributed by atoms with Crippen LogP contribution in [-0.2, 0) is 19.7 Å². The lowest BCUT2D eigenvalue weighted by Gasteiger charge is -2.38. The van der Waals surface area contributed by atoms with Crippen molar-refractivity contribution in [2.24, 2.45) is 17.3 Å². The monoisotopic (exact) mass is 627 g/mol. The third-order valence-electron chi connectivity index (χ3n) is 8.41. The molecule has 11 heteroatoms. The maximum absolute atomic E-state index is 16.0. The minimum Gasteiger partial charge on any atom is -0.495 e. The molecule has 4 atom stereocenters. The summed E-state index contributed by atoms with van der Waals surface area (Å²) in [6.07, 6.45) is 2.38. The van der Waals surface area contributed by atoms with Crippen LogP contribution in [0.5, 0.6) is 5.75 Å². The summed E-state index contributed by atoms with van der Waals surface area (Å²) in [5.74, 6) is -3.97. The second-order valence-electron chi connectivity index (χ2n) is 12.2. The van der Waals surface area contributed by atoms with Crippen molar-refractivity contribution in [3.63, 3.8) is 0 Å². The number of hydrogen-bond acceptors (Lipinski definition) is 6. The Morgan fingerprint density at radius 2 is 1.91 bits per heavy atom. The Hall–Kier alpha value is -3.69. The molecule has 2 amide bonds. The van der Waals surface area contributed by atoms with E-state index in [4.69, 9.17) is 32.7 Å². The first-order chi connectivity index (χ1) is 20.3. The molecule has 226 valence electrons. The molecule has 0 radical (unpaired) electrons. The molecule has 0 bridgehead atoms. The van der Waals surface area contributed by atoms with Crippen molar-refractivity contribution >= 4 is 52.4 Å². The third-order valence-corrected chi connectivity index (χ3v) is 8.91. The first-order valence-corrected chi connectivity index (χ1v) is 14.6. The van der Waals surface area contributed by atoms with Crippen molar-refractivity contribution in [1.82, 2.24) is 4.98 Å². The summed E-state index contributed by atoms with van der Waals surface area (Å²) in [6, 6.07) is 10.7. The highest BCUT2D eigenvalue weighted by Crippen LogP contribution is 2.64. The lowest BCUT2D eigenvalue weighted by Crippen LogP contribution is -2.45. The number of nitrogens with zero attached hydrogens (tertiary/aromatic N) is 1. The van der Waals surface area contributed by atoms with Gasteiger partial charge in [0.1, 0.15) is 16.7 Å². The fourth-order valence-corrected chi connectivity index (χ4v) is 7.19. The predicted octanol–water partition coefficient (Wildman–Crippen LogP) is 7.01. The number of amides is 2. The highest BCUT2D eigenvalue weighted by molar-refractivity contribution is 6.31. The summed E-state index contributed by atoms with van der Waals surface area (Å²) in [5.41, 5.74) is 0.182. The number of pyridine rings is 1. The third kappa shape index (κ3) is 5.33. The number of hydrogen-bond donors (Lipinski definition) is 2. The van der Waals surface area contributed by atoms with Crippen LogP contribution in [0.1, 0.15) is 61.0 Å². The molecule has 1 aromatic heterocycles. The van der Waals surface area contributed by atoms with E-state index < -0.39 is 34.9 Å². The van der Waals surface area contributed by atoms with Crippen molar-refractivity contribution in [3.05, 3.63) is 81.3 Å². The summed E-state index contributed by atoms with van der Waals surface area (Å²) in [6.45, 7) is 6.18. The van der Waals surface area contributed by atoms with E-state index in [2.05, 4.69) is 36.4 Å². The van der Waals surface area contributed by atoms with Gasteiger partial charge in [0.15, 0.2) is 0 Å². The second-order valence-corrected chi connectivity index (χ2v) is 13.0. The summed E-state index contributed by atoms with van der Waals surface area (Å²) < 4.78 is 26.2. The molecular formula is C32H32Cl2FN3O5. The van der Waals surface area contributed by atoms with Crippen LogP contribution in [0.3, 0.4) is 0 Å². The Kier molecular flexibility index (Phi) is 8.17. The van der Waals surface area contributed by atoms with Gasteiger partial charge in [0, 0.05) is 29.3 Å². The summed E-state index contributed by atoms with van der Waals surface area (Å²) >= 11 is 12.5. The number of fused-ring (bicyclic) bond motifs is 2. The molecule has 2 N–H and O–H groups in total. The smallest absolute Gasteiger partial charge is 0.337 e. The van der Waals surface area contributed by atoms with Gasteiger partial charge in [-0.25, -0.2) is 14.2 Å². The molecule has 2 heterocycles. The number of carbonyl (C=O) groups excluding carboxylic acids is 3. The number of carbonyl (C=O) groups is 3. The van der Waals surface area contributed by atoms with Gasteiger partial charge in [-0.3, -0.25) is 9.59 Å². The van der Waals surface area contributed by atoms with Crippen molar-refractivity contribution in [2.75, 3.05) is 24.9 Å². The Bertz CT molecular complexity index is 1620. The van der Waals surface area contributed by atoms with Gasteiger partial charge in [-0.05, 0) is 60.1 Å². The average molecular weight is 629 g/mol. The van der Waals surface area contributed by atoms with E-state index in [-0.39, 0.29) is 50.7 Å². The lowest BCUT2D eigenvalue weighted by molar-refractivity contribution is -0.123. The minimum absolute atomic E-state index is 0.112. The van der Waals surface area contributed by atoms with E-state index in [1.807, 2.05) is 0 Å². The first-order valence-electron chi connectivity index (χ1n) is 13.8. The van der Waals surface area contributed by atoms with Crippen molar-refractivity contribution in [2.45, 2.75) is 44.9 Å². The maximum Gasteiger partial charge on any atom is 0.337 e. The molecule has 1 spiro atoms. The second kappa shape index (κ2) is 11.4. The van der Waals surface area contributed by atoms with Crippen LogP contribution < -0.4 is 15.4 Å². The number of nitrogens with one attached hydrogen (secondary N) is 2. The number of ether oxygens (including phenoxy) is 2. The van der Waals surface area contributed by atoms with E-state index >= 15 is 4.39 Å². The van der Waals surface area contributed by atoms with Crippen molar-refractivity contribution in [3.8, 4) is 5.75 Å². The van der Waals surface area contributed by atoms with Gasteiger partial charge in [0.05, 0.1) is 35.9 Å². The van der Waals surface area contributed by atoms with E-state index in [9.17, 15) is 14.4 Å². The maximum atomic E-state index is 16.0. The Balaban J connectivity index is 1.68. The zero-order valence-corrected chi connectivity index (χ0v) is 25.9. The van der Waals surface area contributed by atoms with Crippen molar-refractivity contribution in [1.29, 1.82) is 0 Å². The highest BCUT2D eigenvalue weighted by atomic mass is 35.5. The van der Waals surface area contributed by atoms with Crippen LogP contribution in [0.15, 0.2) is 48.7 Å². The zero-order valence-electron chi connectivity index (χ0n) is 24.4. The molecule has 2 aromatic carbocycles. The predicted molar refractivity (Wildman–Crippen MR) is 162 cm³/mol. The average Bonchev–Trinajstić information content (AvgIpc) is 3.43. The molecule has 3 aromatic rings. The molecule has 5 rings (SSSR count). The van der Waals surface area contributed by atoms with E-state index in [0.29, 0.717) is 23.4 Å². The standard InChI is InChI=1S/C32H32Cl2FN3O5/c1-31(2,3)14-17-12-19(28(39)37-22-10-9-16(29(40)43-5)11-24(22)42-4)26(18-7-6-8-21(33)27(18)35)32(17)20-15-36-25(34)13-23(20)38-30(32)41/h6-11,13,15,17,19,26H,12,14H2,1-5H3,(H,37,39)(H,38,41)/t17-,19+,26-,32-/m1/s1. The Morgan fingerprint density at radius 1 is 1.16 bits per heavy atom. The highest BCUT2D eigenvalue weighted by Gasteiger charge is 2.66.